The van der Waals surface area contributed by atoms with E-state index in [1.54, 1.807) is 0 Å². The molecule has 0 saturated heterocycles. The molecule has 0 aromatic rings. The molecule has 0 heterocycles. The van der Waals surface area contributed by atoms with Gasteiger partial charge in [0.25, 0.3) is 0 Å². The number of carbonyl (C=O) groups excluding carboxylic acids is 3. The molecule has 0 aliphatic carbocycles. The highest BCUT2D eigenvalue weighted by Crippen LogP contribution is 2.16. The second-order valence-corrected chi connectivity index (χ2v) is 20.2. The molecule has 0 N–H and O–H groups in total. The normalized spacial score (nSPS) is 12.9. The summed E-state index contributed by atoms with van der Waals surface area (Å²) in [6.45, 7) is 6.41. The van der Waals surface area contributed by atoms with Crippen molar-refractivity contribution in [2.24, 2.45) is 0 Å². The number of hydrogen-bond donors (Lipinski definition) is 0. The molecule has 0 bridgehead atoms. The van der Waals surface area contributed by atoms with Gasteiger partial charge in [-0.25, -0.2) is 0 Å². The Kier molecular flexibility index (Phi) is 58.3. The average Bonchev–Trinajstić information content (AvgIpc) is 3.40. The third-order valence-corrected chi connectivity index (χ3v) is 13.0. The van der Waals surface area contributed by atoms with Gasteiger partial charge in [-0.2, -0.15) is 0 Å². The van der Waals surface area contributed by atoms with Gasteiger partial charge in [-0.1, -0.05) is 271 Å². The van der Waals surface area contributed by atoms with Gasteiger partial charge in [0.1, 0.15) is 13.2 Å². The van der Waals surface area contributed by atoms with Crippen LogP contribution < -0.4 is 0 Å². The summed E-state index contributed by atoms with van der Waals surface area (Å²) in [6, 6.07) is 0. The van der Waals surface area contributed by atoms with Crippen molar-refractivity contribution < 1.29 is 28.6 Å². The van der Waals surface area contributed by atoms with Crippen LogP contribution in [0, 0.1) is 0 Å². The van der Waals surface area contributed by atoms with Crippen LogP contribution in [0.5, 0.6) is 0 Å². The first-order chi connectivity index (χ1) is 36.5. The molecule has 0 radical (unpaired) electrons. The highest BCUT2D eigenvalue weighted by atomic mass is 16.6. The van der Waals surface area contributed by atoms with Gasteiger partial charge < -0.3 is 14.2 Å². The monoisotopic (exact) mass is 1030 g/mol. The van der Waals surface area contributed by atoms with Crippen molar-refractivity contribution in [2.45, 2.75) is 290 Å². The van der Waals surface area contributed by atoms with Gasteiger partial charge >= 0.3 is 17.9 Å². The zero-order valence-electron chi connectivity index (χ0n) is 48.3. The summed E-state index contributed by atoms with van der Waals surface area (Å²) in [5, 5.41) is 0. The fourth-order valence-electron chi connectivity index (χ4n) is 8.46. The van der Waals surface area contributed by atoms with E-state index >= 15 is 0 Å². The van der Waals surface area contributed by atoms with Crippen molar-refractivity contribution in [1.82, 2.24) is 0 Å². The molecule has 6 nitrogen and oxygen atoms in total. The van der Waals surface area contributed by atoms with Gasteiger partial charge in [0.2, 0.25) is 0 Å². The summed E-state index contributed by atoms with van der Waals surface area (Å²) in [7, 11) is 0. The Morgan fingerprint density at radius 3 is 0.824 bits per heavy atom. The zero-order valence-corrected chi connectivity index (χ0v) is 48.3. The number of ether oxygens (including phenoxy) is 3. The molecule has 0 fully saturated rings. The topological polar surface area (TPSA) is 78.9 Å². The Labute approximate surface area is 457 Å². The SMILES string of the molecule is CC/C=C\C/C=C\C/C=C\C/C=C\C/C=C\CCCCCCCC(=O)OC(COC(=O)CCCCCCCCCCCC/C=C\C/C=C\C/C=C\C/C=C\CC)COC(=O)CCCCCCCCCCCCCC. The summed E-state index contributed by atoms with van der Waals surface area (Å²) in [5.74, 6) is -0.904. The predicted molar refractivity (Wildman–Crippen MR) is 320 cm³/mol. The van der Waals surface area contributed by atoms with Gasteiger partial charge in [0.15, 0.2) is 6.10 Å². The third kappa shape index (κ3) is 59.0. The van der Waals surface area contributed by atoms with Crippen LogP contribution >= 0.6 is 0 Å². The van der Waals surface area contributed by atoms with Crippen LogP contribution in [0.3, 0.4) is 0 Å². The largest absolute Gasteiger partial charge is 0.462 e. The Bertz CT molecular complexity index is 1510. The zero-order chi connectivity index (χ0) is 53.6. The molecule has 0 saturated carbocycles. The van der Waals surface area contributed by atoms with Crippen LogP contribution in [-0.4, -0.2) is 37.2 Å². The molecule has 0 amide bonds. The van der Waals surface area contributed by atoms with E-state index in [1.165, 1.54) is 109 Å². The third-order valence-electron chi connectivity index (χ3n) is 13.0. The number of allylic oxidation sites excluding steroid dienone is 18. The van der Waals surface area contributed by atoms with Crippen LogP contribution in [0.2, 0.25) is 0 Å². The summed E-state index contributed by atoms with van der Waals surface area (Å²) < 4.78 is 16.9. The Morgan fingerprint density at radius 1 is 0.284 bits per heavy atom. The maximum absolute atomic E-state index is 12.9. The number of rotatable bonds is 55. The molecular formula is C68H114O6. The van der Waals surface area contributed by atoms with E-state index in [0.29, 0.717) is 19.3 Å². The first kappa shape index (κ1) is 70.1. The van der Waals surface area contributed by atoms with Crippen LogP contribution in [0.1, 0.15) is 284 Å². The summed E-state index contributed by atoms with van der Waals surface area (Å²) in [4.78, 5) is 38.3. The molecule has 422 valence electrons. The predicted octanol–water partition coefficient (Wildman–Crippen LogP) is 21.0. The second kappa shape index (κ2) is 61.6. The summed E-state index contributed by atoms with van der Waals surface area (Å²) in [5.41, 5.74) is 0. The van der Waals surface area contributed by atoms with Crippen molar-refractivity contribution in [3.63, 3.8) is 0 Å². The Hall–Kier alpha value is -3.93. The molecule has 0 spiro atoms. The number of hydrogen-bond acceptors (Lipinski definition) is 6. The summed E-state index contributed by atoms with van der Waals surface area (Å²) in [6.07, 6.45) is 83.7. The molecule has 0 aromatic heterocycles. The van der Waals surface area contributed by atoms with Gasteiger partial charge in [0, 0.05) is 19.3 Å². The highest BCUT2D eigenvalue weighted by Gasteiger charge is 2.19. The van der Waals surface area contributed by atoms with E-state index in [4.69, 9.17) is 14.2 Å². The lowest BCUT2D eigenvalue weighted by atomic mass is 10.0. The Balaban J connectivity index is 4.37. The average molecular weight is 1030 g/mol. The fourth-order valence-corrected chi connectivity index (χ4v) is 8.46. The van der Waals surface area contributed by atoms with E-state index in [2.05, 4.69) is 130 Å². The van der Waals surface area contributed by atoms with Crippen molar-refractivity contribution in [3.8, 4) is 0 Å². The second-order valence-electron chi connectivity index (χ2n) is 20.2. The molecule has 1 unspecified atom stereocenters. The van der Waals surface area contributed by atoms with Gasteiger partial charge in [-0.05, 0) is 103 Å². The van der Waals surface area contributed by atoms with E-state index in [9.17, 15) is 14.4 Å². The Morgan fingerprint density at radius 2 is 0.527 bits per heavy atom. The first-order valence-corrected chi connectivity index (χ1v) is 30.9. The molecule has 74 heavy (non-hydrogen) atoms. The van der Waals surface area contributed by atoms with Crippen molar-refractivity contribution in [2.75, 3.05) is 13.2 Å². The molecule has 0 aliphatic rings. The van der Waals surface area contributed by atoms with Crippen LogP contribution in [0.15, 0.2) is 109 Å². The molecule has 0 aromatic carbocycles. The molecule has 0 rings (SSSR count). The minimum atomic E-state index is -0.791. The highest BCUT2D eigenvalue weighted by molar-refractivity contribution is 5.71. The smallest absolute Gasteiger partial charge is 0.306 e. The number of carbonyl (C=O) groups is 3. The lowest BCUT2D eigenvalue weighted by Gasteiger charge is -2.18. The lowest BCUT2D eigenvalue weighted by Crippen LogP contribution is -2.30. The van der Waals surface area contributed by atoms with E-state index < -0.39 is 6.10 Å². The van der Waals surface area contributed by atoms with Crippen molar-refractivity contribution in [1.29, 1.82) is 0 Å². The number of esters is 3. The van der Waals surface area contributed by atoms with Gasteiger partial charge in [0.05, 0.1) is 0 Å². The van der Waals surface area contributed by atoms with Crippen LogP contribution in [0.25, 0.3) is 0 Å². The van der Waals surface area contributed by atoms with Crippen molar-refractivity contribution in [3.05, 3.63) is 109 Å². The van der Waals surface area contributed by atoms with Crippen LogP contribution in [-0.2, 0) is 28.6 Å². The van der Waals surface area contributed by atoms with Gasteiger partial charge in [-0.15, -0.1) is 0 Å². The standard InChI is InChI=1S/C68H114O6/c1-4-7-10-13-16-19-22-25-27-29-31-33-34-36-37-39-41-43-46-49-52-55-58-61-67(70)73-64-65(63-72-66(69)60-57-54-51-48-45-24-21-18-15-12-9-6-3)74-68(71)62-59-56-53-50-47-44-42-40-38-35-32-30-28-26-23-20-17-14-11-8-5-2/h7-8,10-11,16-17,19-20,25-28,31-33,35,40,42,65H,4-6,9,12-15,18,21-24,29-30,34,36-39,41,43-64H2,1-3H3/b10-7-,11-8-,19-16-,20-17-,27-25-,28-26-,33-31-,35-32-,42-40-. The minimum absolute atomic E-state index is 0.0861. The molecule has 6 heteroatoms. The molecule has 0 aliphatic heterocycles. The maximum atomic E-state index is 12.9. The first-order valence-electron chi connectivity index (χ1n) is 30.9. The lowest BCUT2D eigenvalue weighted by molar-refractivity contribution is -0.167. The van der Waals surface area contributed by atoms with Gasteiger partial charge in [-0.3, -0.25) is 14.4 Å². The quantitative estimate of drug-likeness (QED) is 0.0261. The molecule has 1 atom stereocenters. The van der Waals surface area contributed by atoms with E-state index in [0.717, 1.165) is 135 Å². The maximum Gasteiger partial charge on any atom is 0.306 e. The fraction of sp³-hybridized carbons (Fsp3) is 0.691. The number of unbranched alkanes of at least 4 members (excludes halogenated alkanes) is 26. The van der Waals surface area contributed by atoms with Crippen LogP contribution in [0.4, 0.5) is 0 Å². The minimum Gasteiger partial charge on any atom is -0.462 e. The van der Waals surface area contributed by atoms with Crippen molar-refractivity contribution >= 4 is 17.9 Å². The molecular weight excluding hydrogens is 913 g/mol. The van der Waals surface area contributed by atoms with E-state index in [-0.39, 0.29) is 31.1 Å². The van der Waals surface area contributed by atoms with E-state index in [1.807, 2.05) is 0 Å². The summed E-state index contributed by atoms with van der Waals surface area (Å²) >= 11 is 0.